The molecule has 0 bridgehead atoms. The lowest BCUT2D eigenvalue weighted by molar-refractivity contribution is 0.324. The number of hydrogen-bond acceptors (Lipinski definition) is 1. The first-order valence-corrected chi connectivity index (χ1v) is 9.20. The summed E-state index contributed by atoms with van der Waals surface area (Å²) >= 11 is 2.20. The minimum atomic E-state index is 1.12. The van der Waals surface area contributed by atoms with Crippen molar-refractivity contribution in [3.63, 3.8) is 0 Å². The van der Waals surface area contributed by atoms with Crippen molar-refractivity contribution >= 4 is 11.8 Å². The van der Waals surface area contributed by atoms with Crippen LogP contribution in [0.15, 0.2) is 0 Å². The second kappa shape index (κ2) is 8.45. The first kappa shape index (κ1) is 13.8. The molecule has 1 saturated carbocycles. The van der Waals surface area contributed by atoms with Crippen LogP contribution < -0.4 is 0 Å². The van der Waals surface area contributed by atoms with Gasteiger partial charge in [-0.2, -0.15) is 11.8 Å². The molecule has 0 amide bonds. The van der Waals surface area contributed by atoms with Gasteiger partial charge in [0.25, 0.3) is 0 Å². The molecule has 1 aliphatic carbocycles. The fourth-order valence-electron chi connectivity index (χ4n) is 3.73. The second-order valence-electron chi connectivity index (χ2n) is 6.12. The van der Waals surface area contributed by atoms with Gasteiger partial charge in [0, 0.05) is 0 Å². The van der Waals surface area contributed by atoms with Crippen LogP contribution in [-0.4, -0.2) is 11.5 Å². The monoisotopic (exact) mass is 254 g/mol. The molecule has 1 saturated heterocycles. The molecule has 0 aromatic carbocycles. The van der Waals surface area contributed by atoms with Crippen molar-refractivity contribution in [2.24, 2.45) is 11.8 Å². The highest BCUT2D eigenvalue weighted by Gasteiger charge is 2.25. The highest BCUT2D eigenvalue weighted by molar-refractivity contribution is 7.99. The van der Waals surface area contributed by atoms with E-state index >= 15 is 0 Å². The van der Waals surface area contributed by atoms with Crippen molar-refractivity contribution in [2.45, 2.75) is 77.0 Å². The first-order chi connectivity index (χ1) is 8.47. The Bertz CT molecular complexity index is 170. The second-order valence-corrected chi connectivity index (χ2v) is 7.34. The van der Waals surface area contributed by atoms with Gasteiger partial charge in [-0.1, -0.05) is 64.2 Å². The Morgan fingerprint density at radius 3 is 1.59 bits per heavy atom. The molecular weight excluding hydrogens is 224 g/mol. The largest absolute Gasteiger partial charge is 0.162 e. The third kappa shape index (κ3) is 5.24. The van der Waals surface area contributed by atoms with E-state index in [2.05, 4.69) is 11.8 Å². The highest BCUT2D eigenvalue weighted by atomic mass is 32.2. The van der Waals surface area contributed by atoms with Crippen LogP contribution in [0, 0.1) is 11.8 Å². The third-order valence-corrected chi connectivity index (χ3v) is 5.95. The normalized spacial score (nSPS) is 33.9. The summed E-state index contributed by atoms with van der Waals surface area (Å²) in [6.07, 6.45) is 18.2. The van der Waals surface area contributed by atoms with Gasteiger partial charge >= 0.3 is 0 Å². The summed E-state index contributed by atoms with van der Waals surface area (Å²) in [7, 11) is 0. The van der Waals surface area contributed by atoms with Crippen molar-refractivity contribution in [1.82, 2.24) is 0 Å². The van der Waals surface area contributed by atoms with Gasteiger partial charge in [0.05, 0.1) is 0 Å². The molecule has 1 heterocycles. The zero-order valence-electron chi connectivity index (χ0n) is 11.5. The number of fused-ring (bicyclic) bond motifs is 1. The molecule has 1 aliphatic heterocycles. The zero-order valence-corrected chi connectivity index (χ0v) is 12.3. The van der Waals surface area contributed by atoms with Gasteiger partial charge in [0.15, 0.2) is 0 Å². The quantitative estimate of drug-likeness (QED) is 0.537. The van der Waals surface area contributed by atoms with Crippen LogP contribution in [0.5, 0.6) is 0 Å². The molecule has 0 nitrogen and oxygen atoms in total. The summed E-state index contributed by atoms with van der Waals surface area (Å²) in [5.74, 6) is 5.08. The highest BCUT2D eigenvalue weighted by Crippen LogP contribution is 2.38. The van der Waals surface area contributed by atoms with Crippen LogP contribution >= 0.6 is 11.8 Å². The fourth-order valence-corrected chi connectivity index (χ4v) is 4.75. The summed E-state index contributed by atoms with van der Waals surface area (Å²) in [6.45, 7) is 0. The summed E-state index contributed by atoms with van der Waals surface area (Å²) in [4.78, 5) is 0. The molecule has 2 aliphatic rings. The Kier molecular flexibility index (Phi) is 6.85. The van der Waals surface area contributed by atoms with Crippen LogP contribution in [0.4, 0.5) is 0 Å². The summed E-state index contributed by atoms with van der Waals surface area (Å²) in [5.41, 5.74) is 0. The third-order valence-electron chi connectivity index (χ3n) is 4.79. The van der Waals surface area contributed by atoms with Gasteiger partial charge in [0.2, 0.25) is 0 Å². The van der Waals surface area contributed by atoms with E-state index in [9.17, 15) is 0 Å². The van der Waals surface area contributed by atoms with E-state index in [0.717, 1.165) is 11.8 Å². The topological polar surface area (TPSA) is 0 Å². The fraction of sp³-hybridized carbons (Fsp3) is 1.00. The molecule has 2 rings (SSSR count). The molecular formula is C16H30S. The molecule has 1 heteroatoms. The van der Waals surface area contributed by atoms with Gasteiger partial charge in [0.1, 0.15) is 0 Å². The van der Waals surface area contributed by atoms with E-state index in [1.807, 2.05) is 0 Å². The molecule has 17 heavy (non-hydrogen) atoms. The van der Waals surface area contributed by atoms with Gasteiger partial charge < -0.3 is 0 Å². The van der Waals surface area contributed by atoms with E-state index < -0.39 is 0 Å². The van der Waals surface area contributed by atoms with Crippen molar-refractivity contribution in [3.05, 3.63) is 0 Å². The molecule has 0 radical (unpaired) electrons. The van der Waals surface area contributed by atoms with Crippen LogP contribution in [0.3, 0.4) is 0 Å². The lowest BCUT2D eigenvalue weighted by atomic mass is 9.87. The Labute approximate surface area is 112 Å². The van der Waals surface area contributed by atoms with Crippen LogP contribution in [0.25, 0.3) is 0 Å². The summed E-state index contributed by atoms with van der Waals surface area (Å²) < 4.78 is 0. The maximum atomic E-state index is 2.20. The van der Waals surface area contributed by atoms with E-state index in [1.165, 1.54) is 62.9 Å². The molecule has 0 aromatic heterocycles. The van der Waals surface area contributed by atoms with E-state index in [0.29, 0.717) is 0 Å². The number of thioether (sulfide) groups is 1. The average Bonchev–Trinajstić information content (AvgIpc) is 2.78. The molecule has 0 N–H and O–H groups in total. The van der Waals surface area contributed by atoms with Gasteiger partial charge in [-0.15, -0.1) is 0 Å². The minimum absolute atomic E-state index is 1.12. The number of rotatable bonds is 0. The van der Waals surface area contributed by atoms with E-state index in [4.69, 9.17) is 0 Å². The Morgan fingerprint density at radius 2 is 0.941 bits per heavy atom. The number of hydrogen-bond donors (Lipinski definition) is 0. The first-order valence-electron chi connectivity index (χ1n) is 8.04. The smallest absolute Gasteiger partial charge is 0.00675 e. The van der Waals surface area contributed by atoms with Crippen molar-refractivity contribution < 1.29 is 0 Å². The zero-order chi connectivity index (χ0) is 11.8. The van der Waals surface area contributed by atoms with Gasteiger partial charge in [-0.25, -0.2) is 0 Å². The van der Waals surface area contributed by atoms with Gasteiger partial charge in [-0.3, -0.25) is 0 Å². The Morgan fingerprint density at radius 1 is 0.471 bits per heavy atom. The van der Waals surface area contributed by atoms with Crippen molar-refractivity contribution in [2.75, 3.05) is 11.5 Å². The summed E-state index contributed by atoms with van der Waals surface area (Å²) in [5, 5.41) is 0. The molecule has 0 aromatic rings. The average molecular weight is 254 g/mol. The molecule has 0 spiro atoms. The van der Waals surface area contributed by atoms with Crippen LogP contribution in [-0.2, 0) is 0 Å². The SMILES string of the molecule is C1CCCC2CCCC2CCCCCSCC1. The molecule has 2 atom stereocenters. The van der Waals surface area contributed by atoms with Crippen molar-refractivity contribution in [3.8, 4) is 0 Å². The van der Waals surface area contributed by atoms with Crippen molar-refractivity contribution in [1.29, 1.82) is 0 Å². The molecule has 2 fully saturated rings. The maximum Gasteiger partial charge on any atom is -0.00675 e. The predicted octanol–water partition coefficient (Wildman–Crippen LogP) is 5.66. The van der Waals surface area contributed by atoms with E-state index in [-0.39, 0.29) is 0 Å². The lowest BCUT2D eigenvalue weighted by Gasteiger charge is -2.19. The molecule has 100 valence electrons. The molecule has 2 unspecified atom stereocenters. The Hall–Kier alpha value is 0.350. The van der Waals surface area contributed by atoms with Crippen LogP contribution in [0.2, 0.25) is 0 Å². The lowest BCUT2D eigenvalue weighted by Crippen LogP contribution is -2.08. The minimum Gasteiger partial charge on any atom is -0.162 e. The maximum absolute atomic E-state index is 2.20. The standard InChI is InChI=1S/C16H30S/c1-2-6-13-17-14-7-3-5-10-16-12-8-11-15(16)9-4-1/h15-16H,1-14H2. The van der Waals surface area contributed by atoms with E-state index in [1.54, 1.807) is 25.7 Å². The summed E-state index contributed by atoms with van der Waals surface area (Å²) in [6, 6.07) is 0. The Balaban J connectivity index is 1.72. The van der Waals surface area contributed by atoms with Gasteiger partial charge in [-0.05, 0) is 36.2 Å². The van der Waals surface area contributed by atoms with Crippen LogP contribution in [0.1, 0.15) is 77.0 Å². The predicted molar refractivity (Wildman–Crippen MR) is 79.7 cm³/mol.